The number of carbonyl (C=O) groups excluding carboxylic acids is 1. The number of β-lactam (4-membered cyclic amide) rings is 1. The lowest BCUT2D eigenvalue weighted by Crippen LogP contribution is -2.71. The number of nitrogens with one attached hydrogen (secondary N) is 1. The highest BCUT2D eigenvalue weighted by atomic mass is 79.9. The zero-order valence-corrected chi connectivity index (χ0v) is 16.4. The van der Waals surface area contributed by atoms with Crippen LogP contribution in [0.1, 0.15) is 13.8 Å². The number of hydrogen-bond acceptors (Lipinski definition) is 5. The number of rotatable bonds is 4. The Morgan fingerprint density at radius 2 is 1.88 bits per heavy atom. The Kier molecular flexibility index (Phi) is 4.34. The summed E-state index contributed by atoms with van der Waals surface area (Å²) in [6.07, 6.45) is 0. The summed E-state index contributed by atoms with van der Waals surface area (Å²) in [5, 5.41) is 8.37. The monoisotopic (exact) mass is 450 g/mol. The van der Waals surface area contributed by atoms with Gasteiger partial charge in [0.05, 0.1) is 20.4 Å². The molecule has 1 aromatic carbocycles. The van der Waals surface area contributed by atoms with Gasteiger partial charge in [0.1, 0.15) is 17.5 Å². The summed E-state index contributed by atoms with van der Waals surface area (Å²) in [6, 6.07) is 3.32. The zero-order chi connectivity index (χ0) is 18.7. The van der Waals surface area contributed by atoms with Crippen molar-refractivity contribution in [1.82, 2.24) is 9.62 Å². The Balaban J connectivity index is 1.89. The number of halogens is 1. The van der Waals surface area contributed by atoms with Gasteiger partial charge in [0.25, 0.3) is 0 Å². The van der Waals surface area contributed by atoms with Gasteiger partial charge in [-0.2, -0.15) is 4.72 Å². The zero-order valence-electron chi connectivity index (χ0n) is 13.2. The molecule has 1 aromatic rings. The first kappa shape index (κ1) is 18.5. The molecule has 4 atom stereocenters. The molecule has 2 heterocycles. The van der Waals surface area contributed by atoms with E-state index in [1.54, 1.807) is 12.1 Å². The molecule has 0 aromatic heterocycles. The number of fused-ring (bicyclic) bond motifs is 1. The standard InChI is InChI=1S/C14H15BrN2O6S2/c1-14(2)10(13(19)20)17-11(18)9(12(17)24(14)21)16-25(22,23)8-5-3-7(15)4-6-8/h3-6,9-10,12,16H,1-2H3,(H,19,20)/t9-,10+,12-,24?/m1/s1. The molecule has 0 aliphatic carbocycles. The number of carboxylic acid groups (broad SMARTS) is 1. The molecule has 2 saturated heterocycles. The van der Waals surface area contributed by atoms with Crippen LogP contribution in [0, 0.1) is 0 Å². The minimum absolute atomic E-state index is 0.0419. The highest BCUT2D eigenvalue weighted by Gasteiger charge is 2.68. The van der Waals surface area contributed by atoms with Gasteiger partial charge in [0, 0.05) is 4.47 Å². The second-order valence-corrected chi connectivity index (χ2v) is 11.1. The van der Waals surface area contributed by atoms with E-state index in [1.165, 1.54) is 26.0 Å². The summed E-state index contributed by atoms with van der Waals surface area (Å²) in [5.74, 6) is -1.94. The van der Waals surface area contributed by atoms with Crippen molar-refractivity contribution >= 4 is 48.6 Å². The minimum atomic E-state index is -4.01. The predicted octanol–water partition coefficient (Wildman–Crippen LogP) is 0.258. The van der Waals surface area contributed by atoms with E-state index >= 15 is 0 Å². The molecule has 2 aliphatic rings. The van der Waals surface area contributed by atoms with Crippen molar-refractivity contribution in [2.45, 2.75) is 40.9 Å². The fourth-order valence-corrected chi connectivity index (χ4v) is 6.58. The summed E-state index contributed by atoms with van der Waals surface area (Å²) in [6.45, 7) is 2.99. The first-order valence-corrected chi connectivity index (χ1v) is 10.7. The van der Waals surface area contributed by atoms with Crippen molar-refractivity contribution < 1.29 is 27.3 Å². The highest BCUT2D eigenvalue weighted by molar-refractivity contribution is 9.10. The number of nitrogens with zero attached hydrogens (tertiary/aromatic N) is 1. The maximum atomic E-state index is 12.6. The summed E-state index contributed by atoms with van der Waals surface area (Å²) < 4.78 is 39.3. The number of benzene rings is 1. The van der Waals surface area contributed by atoms with Crippen LogP contribution >= 0.6 is 15.9 Å². The van der Waals surface area contributed by atoms with Gasteiger partial charge in [-0.05, 0) is 38.1 Å². The van der Waals surface area contributed by atoms with Gasteiger partial charge in [0.2, 0.25) is 15.9 Å². The third kappa shape index (κ3) is 2.73. The molecule has 1 unspecified atom stereocenters. The van der Waals surface area contributed by atoms with E-state index in [2.05, 4.69) is 20.7 Å². The molecule has 2 aliphatic heterocycles. The van der Waals surface area contributed by atoms with Crippen LogP contribution in [0.25, 0.3) is 0 Å². The lowest BCUT2D eigenvalue weighted by atomic mass is 9.96. The van der Waals surface area contributed by atoms with Gasteiger partial charge < -0.3 is 10.0 Å². The van der Waals surface area contributed by atoms with Crippen LogP contribution in [0.3, 0.4) is 0 Å². The topological polar surface area (TPSA) is 121 Å². The van der Waals surface area contributed by atoms with Crippen LogP contribution in [-0.4, -0.2) is 56.7 Å². The molecule has 0 bridgehead atoms. The number of carbonyl (C=O) groups is 2. The maximum absolute atomic E-state index is 12.6. The molecule has 0 radical (unpaired) electrons. The molecule has 2 fully saturated rings. The van der Waals surface area contributed by atoms with Gasteiger partial charge in [-0.1, -0.05) is 15.9 Å². The Hall–Kier alpha value is -1.30. The van der Waals surface area contributed by atoms with E-state index in [0.29, 0.717) is 4.47 Å². The van der Waals surface area contributed by atoms with E-state index in [4.69, 9.17) is 0 Å². The highest BCUT2D eigenvalue weighted by Crippen LogP contribution is 2.43. The summed E-state index contributed by atoms with van der Waals surface area (Å²) in [4.78, 5) is 24.8. The van der Waals surface area contributed by atoms with E-state index < -0.39 is 54.9 Å². The third-order valence-corrected chi connectivity index (χ3v) is 8.58. The maximum Gasteiger partial charge on any atom is 0.328 e. The molecule has 0 spiro atoms. The van der Waals surface area contributed by atoms with E-state index in [1.807, 2.05) is 0 Å². The molecule has 0 saturated carbocycles. The number of sulfonamides is 1. The van der Waals surface area contributed by atoms with Gasteiger partial charge in [-0.3, -0.25) is 9.00 Å². The third-order valence-electron chi connectivity index (χ3n) is 4.39. The van der Waals surface area contributed by atoms with Crippen molar-refractivity contribution in [2.75, 3.05) is 0 Å². The molecule has 2 N–H and O–H groups in total. The van der Waals surface area contributed by atoms with Gasteiger partial charge in [-0.15, -0.1) is 0 Å². The van der Waals surface area contributed by atoms with Crippen LogP contribution in [0.5, 0.6) is 0 Å². The van der Waals surface area contributed by atoms with E-state index in [9.17, 15) is 27.3 Å². The Bertz CT molecular complexity index is 883. The average molecular weight is 451 g/mol. The SMILES string of the molecule is CC1(C)[C@H](C(=O)O)N2C(=O)[C@@H](NS(=O)(=O)c3ccc(Br)cc3)[C@H]2S1=O. The van der Waals surface area contributed by atoms with Crippen LogP contribution in [-0.2, 0) is 30.4 Å². The molecular formula is C14H15BrN2O6S2. The normalized spacial score (nSPS) is 30.7. The molecule has 1 amide bonds. The minimum Gasteiger partial charge on any atom is -0.480 e. The molecule has 8 nitrogen and oxygen atoms in total. The quantitative estimate of drug-likeness (QED) is 0.634. The molecular weight excluding hydrogens is 436 g/mol. The van der Waals surface area contributed by atoms with E-state index in [-0.39, 0.29) is 4.90 Å². The van der Waals surface area contributed by atoms with Crippen LogP contribution in [0.15, 0.2) is 33.6 Å². The van der Waals surface area contributed by atoms with Gasteiger partial charge in [0.15, 0.2) is 0 Å². The van der Waals surface area contributed by atoms with Crippen LogP contribution in [0.2, 0.25) is 0 Å². The van der Waals surface area contributed by atoms with Crippen molar-refractivity contribution in [1.29, 1.82) is 0 Å². The van der Waals surface area contributed by atoms with Crippen LogP contribution in [0.4, 0.5) is 0 Å². The number of hydrogen-bond donors (Lipinski definition) is 2. The summed E-state index contributed by atoms with van der Waals surface area (Å²) in [5.41, 5.74) is 0. The van der Waals surface area contributed by atoms with E-state index in [0.717, 1.165) is 4.90 Å². The smallest absolute Gasteiger partial charge is 0.328 e. The summed E-state index contributed by atoms with van der Waals surface area (Å²) in [7, 11) is -5.73. The molecule has 25 heavy (non-hydrogen) atoms. The number of carboxylic acids is 1. The number of aliphatic carboxylic acids is 1. The Labute approximate surface area is 155 Å². The van der Waals surface area contributed by atoms with Crippen molar-refractivity contribution in [3.8, 4) is 0 Å². The largest absolute Gasteiger partial charge is 0.480 e. The average Bonchev–Trinajstić information content (AvgIpc) is 2.70. The lowest BCUT2D eigenvalue weighted by Gasteiger charge is -2.42. The fraction of sp³-hybridized carbons (Fsp3) is 0.429. The predicted molar refractivity (Wildman–Crippen MR) is 92.5 cm³/mol. The molecule has 3 rings (SSSR count). The number of amides is 1. The Morgan fingerprint density at radius 3 is 2.40 bits per heavy atom. The van der Waals surface area contributed by atoms with Gasteiger partial charge >= 0.3 is 5.97 Å². The molecule has 11 heteroatoms. The lowest BCUT2D eigenvalue weighted by molar-refractivity contribution is -0.159. The first-order valence-electron chi connectivity index (χ1n) is 7.22. The first-order chi connectivity index (χ1) is 11.5. The summed E-state index contributed by atoms with van der Waals surface area (Å²) >= 11 is 3.20. The Morgan fingerprint density at radius 1 is 1.32 bits per heavy atom. The van der Waals surface area contributed by atoms with Crippen molar-refractivity contribution in [3.05, 3.63) is 28.7 Å². The van der Waals surface area contributed by atoms with Crippen molar-refractivity contribution in [2.24, 2.45) is 0 Å². The second kappa shape index (κ2) is 5.86. The van der Waals surface area contributed by atoms with Crippen molar-refractivity contribution in [3.63, 3.8) is 0 Å². The fourth-order valence-electron chi connectivity index (χ4n) is 3.12. The van der Waals surface area contributed by atoms with Crippen LogP contribution < -0.4 is 4.72 Å². The second-order valence-electron chi connectivity index (χ2n) is 6.33. The van der Waals surface area contributed by atoms with Gasteiger partial charge in [-0.25, -0.2) is 13.2 Å². The molecule has 136 valence electrons.